The van der Waals surface area contributed by atoms with Gasteiger partial charge in [-0.25, -0.2) is 4.79 Å². The Morgan fingerprint density at radius 1 is 1.17 bits per heavy atom. The zero-order valence-electron chi connectivity index (χ0n) is 27.8. The predicted molar refractivity (Wildman–Crippen MR) is 173 cm³/mol. The van der Waals surface area contributed by atoms with Gasteiger partial charge in [0.1, 0.15) is 30.1 Å². The minimum absolute atomic E-state index is 0.104. The lowest BCUT2D eigenvalue weighted by molar-refractivity contribution is -0.158. The number of carbonyl (C=O) groups is 2. The maximum Gasteiger partial charge on any atom is 0.407 e. The quantitative estimate of drug-likeness (QED) is 0.236. The number of piperidine rings is 1. The first-order valence-electron chi connectivity index (χ1n) is 16.8. The van der Waals surface area contributed by atoms with E-state index in [-0.39, 0.29) is 35.9 Å². The van der Waals surface area contributed by atoms with Gasteiger partial charge in [0.05, 0.1) is 7.11 Å². The number of unbranched alkanes of at least 4 members (excludes halogenated alkanes) is 1. The van der Waals surface area contributed by atoms with E-state index in [0.717, 1.165) is 54.7 Å². The molecule has 2 heterocycles. The largest absolute Gasteiger partial charge is 0.504 e. The van der Waals surface area contributed by atoms with E-state index in [0.29, 0.717) is 43.5 Å². The molecular formula is C36H49N3O7. The Morgan fingerprint density at radius 2 is 1.96 bits per heavy atom. The summed E-state index contributed by atoms with van der Waals surface area (Å²) in [5.74, 6) is 1.53. The van der Waals surface area contributed by atoms with Gasteiger partial charge in [-0.2, -0.15) is 0 Å². The second-order valence-corrected chi connectivity index (χ2v) is 14.4. The second kappa shape index (κ2) is 13.0. The minimum Gasteiger partial charge on any atom is -0.504 e. The molecule has 1 amide bonds. The van der Waals surface area contributed by atoms with Crippen molar-refractivity contribution < 1.29 is 33.6 Å². The lowest BCUT2D eigenvalue weighted by Crippen LogP contribution is -2.69. The van der Waals surface area contributed by atoms with Crippen LogP contribution in [0, 0.1) is 5.92 Å². The number of esters is 1. The van der Waals surface area contributed by atoms with Crippen LogP contribution in [-0.2, 0) is 32.7 Å². The van der Waals surface area contributed by atoms with Gasteiger partial charge in [0.2, 0.25) is 0 Å². The summed E-state index contributed by atoms with van der Waals surface area (Å²) in [4.78, 5) is 28.3. The molecular weight excluding hydrogens is 586 g/mol. The van der Waals surface area contributed by atoms with Gasteiger partial charge >= 0.3 is 12.1 Å². The summed E-state index contributed by atoms with van der Waals surface area (Å²) in [5, 5.41) is 17.6. The smallest absolute Gasteiger partial charge is 0.407 e. The van der Waals surface area contributed by atoms with Crippen molar-refractivity contribution in [1.29, 1.82) is 0 Å². The standard InChI is InChI=1S/C36H49N3O7/c1-35(2,3)46-33(41)26(13-9-10-17-37-34(42)44-21-22-11-7-6-8-12-22)38-25-15-14-24-27-19-23-29(43-5)20-28(40)31-30(23)36(24,32(25)45-31)16-18-39(27)4/h6-8,11-12,20,24-27,32,38,40H,9-10,13-19,21H2,1-5H3,(H,37,42)/t24-,25+,26-,27+,32-,36-/m0/s1. The summed E-state index contributed by atoms with van der Waals surface area (Å²) in [6, 6.07) is 11.0. The number of ether oxygens (including phenoxy) is 4. The summed E-state index contributed by atoms with van der Waals surface area (Å²) in [7, 11) is 3.87. The minimum atomic E-state index is -0.626. The van der Waals surface area contributed by atoms with Crippen molar-refractivity contribution in [2.45, 2.75) is 108 Å². The highest BCUT2D eigenvalue weighted by molar-refractivity contribution is 5.76. The number of aromatic hydroxyl groups is 1. The van der Waals surface area contributed by atoms with E-state index in [4.69, 9.17) is 18.9 Å². The number of rotatable bonds is 11. The molecule has 10 nitrogen and oxygen atoms in total. The molecule has 2 fully saturated rings. The van der Waals surface area contributed by atoms with Crippen LogP contribution < -0.4 is 20.1 Å². The number of phenolic OH excluding ortho intramolecular Hbond substituents is 1. The highest BCUT2D eigenvalue weighted by atomic mass is 16.6. The first kappa shape index (κ1) is 32.4. The van der Waals surface area contributed by atoms with Gasteiger partial charge in [-0.15, -0.1) is 0 Å². The van der Waals surface area contributed by atoms with Crippen molar-refractivity contribution in [2.75, 3.05) is 27.2 Å². The van der Waals surface area contributed by atoms with Crippen molar-refractivity contribution >= 4 is 12.1 Å². The Labute approximate surface area is 272 Å². The van der Waals surface area contributed by atoms with Gasteiger partial charge < -0.3 is 34.3 Å². The number of phenols is 1. The van der Waals surface area contributed by atoms with Crippen molar-refractivity contribution in [3.8, 4) is 17.2 Å². The molecule has 2 bridgehead atoms. The maximum absolute atomic E-state index is 13.6. The van der Waals surface area contributed by atoms with E-state index in [1.54, 1.807) is 13.2 Å². The molecule has 0 unspecified atom stereocenters. The molecule has 0 radical (unpaired) electrons. The van der Waals surface area contributed by atoms with Gasteiger partial charge in [0.25, 0.3) is 0 Å². The van der Waals surface area contributed by atoms with Crippen LogP contribution in [-0.4, -0.2) is 79.1 Å². The number of likely N-dealkylation sites (N-methyl/N-ethyl adjacent to an activating group) is 1. The van der Waals surface area contributed by atoms with Crippen LogP contribution in [0.25, 0.3) is 0 Å². The van der Waals surface area contributed by atoms with Gasteiger partial charge in [0, 0.05) is 41.2 Å². The van der Waals surface area contributed by atoms with Gasteiger partial charge in [-0.1, -0.05) is 30.3 Å². The van der Waals surface area contributed by atoms with E-state index in [1.165, 1.54) is 0 Å². The monoisotopic (exact) mass is 635 g/mol. The number of carbonyl (C=O) groups excluding carboxylic acids is 2. The number of nitrogens with zero attached hydrogens (tertiary/aromatic N) is 1. The molecule has 0 aromatic heterocycles. The van der Waals surface area contributed by atoms with Crippen LogP contribution >= 0.6 is 0 Å². The molecule has 4 aliphatic rings. The second-order valence-electron chi connectivity index (χ2n) is 14.4. The number of amides is 1. The lowest BCUT2D eigenvalue weighted by atomic mass is 9.51. The molecule has 2 aliphatic heterocycles. The van der Waals surface area contributed by atoms with Crippen LogP contribution in [0.4, 0.5) is 4.79 Å². The number of hydrogen-bond acceptors (Lipinski definition) is 9. The third-order valence-electron chi connectivity index (χ3n) is 10.4. The summed E-state index contributed by atoms with van der Waals surface area (Å²) >= 11 is 0. The van der Waals surface area contributed by atoms with Crippen LogP contribution in [0.5, 0.6) is 17.2 Å². The number of alkyl carbamates (subject to hydrolysis) is 1. The number of nitrogens with one attached hydrogen (secondary N) is 2. The maximum atomic E-state index is 13.6. The highest BCUT2D eigenvalue weighted by Gasteiger charge is 2.66. The molecule has 6 atom stereocenters. The van der Waals surface area contributed by atoms with E-state index in [1.807, 2.05) is 51.1 Å². The lowest BCUT2D eigenvalue weighted by Gasteiger charge is -2.59. The fourth-order valence-corrected chi connectivity index (χ4v) is 8.48. The first-order valence-corrected chi connectivity index (χ1v) is 16.8. The van der Waals surface area contributed by atoms with Crippen molar-refractivity contribution in [3.63, 3.8) is 0 Å². The van der Waals surface area contributed by atoms with E-state index >= 15 is 0 Å². The Morgan fingerprint density at radius 3 is 2.70 bits per heavy atom. The van der Waals surface area contributed by atoms with Crippen LogP contribution in [0.1, 0.15) is 76.0 Å². The van der Waals surface area contributed by atoms with Gasteiger partial charge in [0.15, 0.2) is 11.5 Å². The molecule has 10 heteroatoms. The topological polar surface area (TPSA) is 119 Å². The third kappa shape index (κ3) is 6.13. The van der Waals surface area contributed by atoms with Crippen molar-refractivity contribution in [1.82, 2.24) is 15.5 Å². The third-order valence-corrected chi connectivity index (χ3v) is 10.4. The summed E-state index contributed by atoms with van der Waals surface area (Å²) < 4.78 is 23.7. The molecule has 2 aliphatic carbocycles. The number of hydrogen-bond donors (Lipinski definition) is 3. The predicted octanol–water partition coefficient (Wildman–Crippen LogP) is 4.84. The zero-order valence-corrected chi connectivity index (χ0v) is 27.8. The molecule has 1 saturated heterocycles. The SMILES string of the molecule is COc1cc(O)c2c3c1C[C@@H]1[C@@H]4CC[C@@H](N[C@@H](CCCCNC(=O)OCc5ccccc5)C(=O)OC(C)(C)C)[C@H](O2)[C@]34CCN1C. The molecule has 1 saturated carbocycles. The average molecular weight is 636 g/mol. The van der Waals surface area contributed by atoms with E-state index < -0.39 is 17.7 Å². The Kier molecular flexibility index (Phi) is 9.13. The normalized spacial score (nSPS) is 26.8. The molecule has 2 aromatic carbocycles. The zero-order chi connectivity index (χ0) is 32.6. The fraction of sp³-hybridized carbons (Fsp3) is 0.611. The summed E-state index contributed by atoms with van der Waals surface area (Å²) in [6.45, 7) is 7.26. The van der Waals surface area contributed by atoms with E-state index in [2.05, 4.69) is 22.6 Å². The Bertz CT molecular complexity index is 1430. The fourth-order valence-electron chi connectivity index (χ4n) is 8.48. The molecule has 46 heavy (non-hydrogen) atoms. The first-order chi connectivity index (χ1) is 22.0. The number of likely N-dealkylation sites (tertiary alicyclic amines) is 1. The van der Waals surface area contributed by atoms with Gasteiger partial charge in [-0.05, 0) is 90.8 Å². The van der Waals surface area contributed by atoms with Crippen LogP contribution in [0.3, 0.4) is 0 Å². The molecule has 6 rings (SSSR count). The molecule has 3 N–H and O–H groups in total. The van der Waals surface area contributed by atoms with E-state index in [9.17, 15) is 14.7 Å². The Balaban J connectivity index is 1.14. The molecule has 2 aromatic rings. The number of benzene rings is 2. The van der Waals surface area contributed by atoms with Crippen LogP contribution in [0.2, 0.25) is 0 Å². The summed E-state index contributed by atoms with van der Waals surface area (Å²) in [5.41, 5.74) is 2.31. The van der Waals surface area contributed by atoms with Crippen molar-refractivity contribution in [2.24, 2.45) is 5.92 Å². The molecule has 1 spiro atoms. The summed E-state index contributed by atoms with van der Waals surface area (Å²) in [6.07, 6.45) is 4.92. The highest BCUT2D eigenvalue weighted by Crippen LogP contribution is 2.65. The molecule has 250 valence electrons. The van der Waals surface area contributed by atoms with Crippen molar-refractivity contribution in [3.05, 3.63) is 53.1 Å². The number of methoxy groups -OCH3 is 1. The van der Waals surface area contributed by atoms with Gasteiger partial charge in [-0.3, -0.25) is 10.1 Å². The van der Waals surface area contributed by atoms with Crippen LogP contribution in [0.15, 0.2) is 36.4 Å². The Hall–Kier alpha value is -3.50. The average Bonchev–Trinajstić information content (AvgIpc) is 3.37.